The number of aromatic nitrogens is 4. The first-order chi connectivity index (χ1) is 9.65. The van der Waals surface area contributed by atoms with Crippen LogP contribution < -0.4 is 5.32 Å². The second-order valence-electron chi connectivity index (χ2n) is 4.43. The number of nitrogens with zero attached hydrogens (tertiary/aromatic N) is 4. The molecule has 2 rings (SSSR count). The molecule has 0 fully saturated rings. The fourth-order valence-electron chi connectivity index (χ4n) is 2.01. The van der Waals surface area contributed by atoms with E-state index in [9.17, 15) is 4.79 Å². The van der Waals surface area contributed by atoms with Crippen LogP contribution in [-0.2, 0) is 18.0 Å². The number of amides is 1. The Morgan fingerprint density at radius 1 is 1.50 bits per heavy atom. The zero-order valence-corrected chi connectivity index (χ0v) is 11.9. The van der Waals surface area contributed by atoms with Gasteiger partial charge >= 0.3 is 0 Å². The molecule has 0 spiro atoms. The summed E-state index contributed by atoms with van der Waals surface area (Å²) >= 11 is 0. The topological polar surface area (TPSA) is 74.0 Å². The lowest BCUT2D eigenvalue weighted by Crippen LogP contribution is -2.28. The van der Waals surface area contributed by atoms with Gasteiger partial charge in [0.15, 0.2) is 0 Å². The molecule has 2 aromatic heterocycles. The number of methoxy groups -OCH3 is 1. The molecule has 0 aliphatic rings. The predicted octanol–water partition coefficient (Wildman–Crippen LogP) is 1.19. The van der Waals surface area contributed by atoms with Crippen molar-refractivity contribution in [3.63, 3.8) is 0 Å². The molecule has 0 saturated carbocycles. The average Bonchev–Trinajstić information content (AvgIpc) is 3.07. The van der Waals surface area contributed by atoms with E-state index >= 15 is 0 Å². The van der Waals surface area contributed by atoms with Crippen molar-refractivity contribution in [1.29, 1.82) is 0 Å². The van der Waals surface area contributed by atoms with Crippen LogP contribution in [0.2, 0.25) is 0 Å². The Bertz CT molecular complexity index is 575. The van der Waals surface area contributed by atoms with Gasteiger partial charge in [0, 0.05) is 26.0 Å². The molecule has 7 nitrogen and oxygen atoms in total. The van der Waals surface area contributed by atoms with Crippen LogP contribution in [0.4, 0.5) is 0 Å². The highest BCUT2D eigenvalue weighted by Gasteiger charge is 2.16. The van der Waals surface area contributed by atoms with Crippen molar-refractivity contribution in [2.24, 2.45) is 0 Å². The summed E-state index contributed by atoms with van der Waals surface area (Å²) in [7, 11) is 1.58. The number of hydrogen-bond acceptors (Lipinski definition) is 4. The summed E-state index contributed by atoms with van der Waals surface area (Å²) in [6, 6.07) is 3.44. The maximum absolute atomic E-state index is 12.1. The zero-order valence-electron chi connectivity index (χ0n) is 11.9. The van der Waals surface area contributed by atoms with Gasteiger partial charge in [0.2, 0.25) is 0 Å². The minimum Gasteiger partial charge on any atom is -0.362 e. The van der Waals surface area contributed by atoms with Crippen molar-refractivity contribution in [2.45, 2.75) is 33.2 Å². The van der Waals surface area contributed by atoms with E-state index in [1.807, 2.05) is 24.6 Å². The lowest BCUT2D eigenvalue weighted by atomic mass is 10.2. The number of nitrogens with one attached hydrogen (secondary N) is 1. The van der Waals surface area contributed by atoms with E-state index in [2.05, 4.69) is 15.5 Å². The quantitative estimate of drug-likeness (QED) is 0.861. The van der Waals surface area contributed by atoms with Crippen molar-refractivity contribution >= 4 is 5.91 Å². The molecule has 7 heteroatoms. The van der Waals surface area contributed by atoms with Crippen LogP contribution in [0.1, 0.15) is 36.1 Å². The highest BCUT2D eigenvalue weighted by Crippen LogP contribution is 2.12. The summed E-state index contributed by atoms with van der Waals surface area (Å²) in [5, 5.41) is 11.2. The van der Waals surface area contributed by atoms with Crippen LogP contribution in [-0.4, -0.2) is 32.6 Å². The predicted molar refractivity (Wildman–Crippen MR) is 73.0 cm³/mol. The van der Waals surface area contributed by atoms with Crippen LogP contribution in [0.15, 0.2) is 24.5 Å². The summed E-state index contributed by atoms with van der Waals surface area (Å²) in [6.45, 7) is 5.03. The molecule has 1 amide bonds. The van der Waals surface area contributed by atoms with Crippen LogP contribution in [0.5, 0.6) is 0 Å². The van der Waals surface area contributed by atoms with Crippen molar-refractivity contribution in [3.8, 4) is 0 Å². The number of carbonyl (C=O) groups is 1. The fourth-order valence-corrected chi connectivity index (χ4v) is 2.01. The summed E-state index contributed by atoms with van der Waals surface area (Å²) in [5.74, 6) is -0.212. The molecule has 0 aromatic carbocycles. The SMILES string of the molecule is CCn1nccc1C(C)NC(=O)c1ccn(COC)n1. The Balaban J connectivity index is 2.03. The van der Waals surface area contributed by atoms with Crippen molar-refractivity contribution in [2.75, 3.05) is 7.11 Å². The second kappa shape index (κ2) is 6.33. The maximum Gasteiger partial charge on any atom is 0.272 e. The monoisotopic (exact) mass is 277 g/mol. The number of carbonyl (C=O) groups excluding carboxylic acids is 1. The smallest absolute Gasteiger partial charge is 0.272 e. The zero-order chi connectivity index (χ0) is 14.5. The van der Waals surface area contributed by atoms with Gasteiger partial charge in [0.05, 0.1) is 11.7 Å². The molecule has 1 unspecified atom stereocenters. The number of hydrogen-bond donors (Lipinski definition) is 1. The van der Waals surface area contributed by atoms with Gasteiger partial charge in [-0.2, -0.15) is 10.2 Å². The summed E-state index contributed by atoms with van der Waals surface area (Å²) < 4.78 is 8.37. The first-order valence-corrected chi connectivity index (χ1v) is 6.50. The van der Waals surface area contributed by atoms with Gasteiger partial charge in [-0.1, -0.05) is 0 Å². The third kappa shape index (κ3) is 3.05. The largest absolute Gasteiger partial charge is 0.362 e. The molecule has 0 aliphatic heterocycles. The first kappa shape index (κ1) is 14.3. The Labute approximate surface area is 117 Å². The lowest BCUT2D eigenvalue weighted by molar-refractivity contribution is 0.0925. The molecule has 0 bridgehead atoms. The molecule has 1 atom stereocenters. The Hall–Kier alpha value is -2.15. The third-order valence-electron chi connectivity index (χ3n) is 2.97. The Morgan fingerprint density at radius 2 is 2.30 bits per heavy atom. The van der Waals surface area contributed by atoms with E-state index in [-0.39, 0.29) is 11.9 Å². The van der Waals surface area contributed by atoms with Crippen LogP contribution in [0, 0.1) is 0 Å². The van der Waals surface area contributed by atoms with Gasteiger partial charge in [-0.15, -0.1) is 0 Å². The van der Waals surface area contributed by atoms with Crippen molar-refractivity contribution < 1.29 is 9.53 Å². The lowest BCUT2D eigenvalue weighted by Gasteiger charge is -2.14. The Morgan fingerprint density at radius 3 is 3.00 bits per heavy atom. The van der Waals surface area contributed by atoms with Crippen LogP contribution >= 0.6 is 0 Å². The second-order valence-corrected chi connectivity index (χ2v) is 4.43. The molecule has 0 radical (unpaired) electrons. The molecular formula is C13H19N5O2. The third-order valence-corrected chi connectivity index (χ3v) is 2.97. The molecule has 0 saturated heterocycles. The normalized spacial score (nSPS) is 12.3. The highest BCUT2D eigenvalue weighted by atomic mass is 16.5. The summed E-state index contributed by atoms with van der Waals surface area (Å²) in [4.78, 5) is 12.1. The minimum absolute atomic E-state index is 0.127. The number of ether oxygens (including phenoxy) is 1. The van der Waals surface area contributed by atoms with E-state index in [0.717, 1.165) is 12.2 Å². The molecule has 108 valence electrons. The molecule has 0 aliphatic carbocycles. The minimum atomic E-state index is -0.212. The van der Waals surface area contributed by atoms with E-state index < -0.39 is 0 Å². The van der Waals surface area contributed by atoms with Crippen LogP contribution in [0.3, 0.4) is 0 Å². The van der Waals surface area contributed by atoms with Gasteiger partial charge in [0.25, 0.3) is 5.91 Å². The number of rotatable bonds is 6. The molecular weight excluding hydrogens is 258 g/mol. The summed E-state index contributed by atoms with van der Waals surface area (Å²) in [6.07, 6.45) is 3.44. The molecule has 2 heterocycles. The molecule has 20 heavy (non-hydrogen) atoms. The fraction of sp³-hybridized carbons (Fsp3) is 0.462. The van der Waals surface area contributed by atoms with Crippen molar-refractivity contribution in [1.82, 2.24) is 24.9 Å². The van der Waals surface area contributed by atoms with Gasteiger partial charge in [-0.25, -0.2) is 4.68 Å². The van der Waals surface area contributed by atoms with E-state index in [4.69, 9.17) is 4.74 Å². The van der Waals surface area contributed by atoms with Gasteiger partial charge in [-0.3, -0.25) is 9.48 Å². The highest BCUT2D eigenvalue weighted by molar-refractivity contribution is 5.92. The van der Waals surface area contributed by atoms with Gasteiger partial charge in [-0.05, 0) is 26.0 Å². The summed E-state index contributed by atoms with van der Waals surface area (Å²) in [5.41, 5.74) is 1.34. The van der Waals surface area contributed by atoms with Crippen molar-refractivity contribution in [3.05, 3.63) is 35.9 Å². The Kier molecular flexibility index (Phi) is 4.52. The molecule has 2 aromatic rings. The van der Waals surface area contributed by atoms with Gasteiger partial charge < -0.3 is 10.1 Å². The average molecular weight is 277 g/mol. The molecule has 1 N–H and O–H groups in total. The standard InChI is InChI=1S/C13H19N5O2/c1-4-18-12(5-7-14-18)10(2)15-13(19)11-6-8-17(16-11)9-20-3/h5-8,10H,4,9H2,1-3H3,(H,15,19). The van der Waals surface area contributed by atoms with E-state index in [1.54, 1.807) is 30.3 Å². The maximum atomic E-state index is 12.1. The van der Waals surface area contributed by atoms with Crippen LogP contribution in [0.25, 0.3) is 0 Å². The first-order valence-electron chi connectivity index (χ1n) is 6.50. The number of aryl methyl sites for hydroxylation is 1. The van der Waals surface area contributed by atoms with Gasteiger partial charge in [0.1, 0.15) is 12.4 Å². The van der Waals surface area contributed by atoms with E-state index in [0.29, 0.717) is 12.4 Å². The van der Waals surface area contributed by atoms with E-state index in [1.165, 1.54) is 0 Å².